The number of hydrogen-bond acceptors (Lipinski definition) is 5. The maximum atomic E-state index is 6.14. The van der Waals surface area contributed by atoms with Gasteiger partial charge in [0.1, 0.15) is 0 Å². The second-order valence-electron chi connectivity index (χ2n) is 5.10. The lowest BCUT2D eigenvalue weighted by Crippen LogP contribution is -2.06. The Labute approximate surface area is 139 Å². The van der Waals surface area contributed by atoms with Crippen molar-refractivity contribution in [1.29, 1.82) is 0 Å². The van der Waals surface area contributed by atoms with E-state index in [4.69, 9.17) is 11.6 Å². The molecule has 0 atom stereocenters. The molecule has 1 aromatic heterocycles. The van der Waals surface area contributed by atoms with Crippen LogP contribution >= 0.6 is 11.6 Å². The standard InChI is InChI=1S/C17H16ClN5/c1-12-6-8-14(9-7-12)21-17-22-16(11-20-23-17)19-10-13-4-2-3-5-15(13)18/h2-9,11H,10H2,1H3,(H2,19,21,22,23). The average molecular weight is 326 g/mol. The van der Waals surface area contributed by atoms with Crippen molar-refractivity contribution in [2.24, 2.45) is 0 Å². The molecule has 0 bridgehead atoms. The van der Waals surface area contributed by atoms with Gasteiger partial charge in [-0.15, -0.1) is 5.10 Å². The van der Waals surface area contributed by atoms with Crippen molar-refractivity contribution in [3.8, 4) is 0 Å². The van der Waals surface area contributed by atoms with Crippen molar-refractivity contribution in [1.82, 2.24) is 15.2 Å². The zero-order valence-corrected chi connectivity index (χ0v) is 13.4. The van der Waals surface area contributed by atoms with Crippen LogP contribution in [0.3, 0.4) is 0 Å². The highest BCUT2D eigenvalue weighted by Gasteiger charge is 2.03. The summed E-state index contributed by atoms with van der Waals surface area (Å²) in [7, 11) is 0. The Morgan fingerprint density at radius 1 is 1.04 bits per heavy atom. The Hall–Kier alpha value is -2.66. The second-order valence-corrected chi connectivity index (χ2v) is 5.51. The second kappa shape index (κ2) is 7.07. The van der Waals surface area contributed by atoms with Crippen LogP contribution in [0.4, 0.5) is 17.5 Å². The predicted molar refractivity (Wildman–Crippen MR) is 93.1 cm³/mol. The van der Waals surface area contributed by atoms with Gasteiger partial charge in [0.2, 0.25) is 5.95 Å². The molecule has 3 aromatic rings. The molecule has 116 valence electrons. The number of nitrogens with one attached hydrogen (secondary N) is 2. The topological polar surface area (TPSA) is 62.7 Å². The molecular formula is C17H16ClN5. The van der Waals surface area contributed by atoms with Crippen molar-refractivity contribution in [2.45, 2.75) is 13.5 Å². The van der Waals surface area contributed by atoms with E-state index >= 15 is 0 Å². The molecule has 5 nitrogen and oxygen atoms in total. The Kier molecular flexibility index (Phi) is 4.68. The number of halogens is 1. The van der Waals surface area contributed by atoms with Gasteiger partial charge in [-0.2, -0.15) is 10.1 Å². The van der Waals surface area contributed by atoms with E-state index < -0.39 is 0 Å². The molecule has 0 aliphatic carbocycles. The average Bonchev–Trinajstić information content (AvgIpc) is 2.57. The summed E-state index contributed by atoms with van der Waals surface area (Å²) in [5.74, 6) is 1.08. The highest BCUT2D eigenvalue weighted by Crippen LogP contribution is 2.17. The number of rotatable bonds is 5. The molecule has 1 heterocycles. The van der Waals surface area contributed by atoms with Gasteiger partial charge in [0, 0.05) is 17.3 Å². The third kappa shape index (κ3) is 4.17. The zero-order valence-electron chi connectivity index (χ0n) is 12.6. The van der Waals surface area contributed by atoms with Crippen LogP contribution in [0.15, 0.2) is 54.7 Å². The first-order chi connectivity index (χ1) is 11.2. The normalized spacial score (nSPS) is 10.3. The molecule has 0 aliphatic rings. The first-order valence-corrected chi connectivity index (χ1v) is 7.59. The van der Waals surface area contributed by atoms with Crippen LogP contribution in [0, 0.1) is 6.92 Å². The van der Waals surface area contributed by atoms with E-state index in [0.717, 1.165) is 16.3 Å². The fourth-order valence-corrected chi connectivity index (χ4v) is 2.24. The quantitative estimate of drug-likeness (QED) is 0.736. The summed E-state index contributed by atoms with van der Waals surface area (Å²) in [6, 6.07) is 15.7. The van der Waals surface area contributed by atoms with Crippen molar-refractivity contribution in [2.75, 3.05) is 10.6 Å². The maximum Gasteiger partial charge on any atom is 0.249 e. The van der Waals surface area contributed by atoms with E-state index in [0.29, 0.717) is 18.3 Å². The van der Waals surface area contributed by atoms with Gasteiger partial charge < -0.3 is 10.6 Å². The minimum absolute atomic E-state index is 0.443. The number of anilines is 3. The number of hydrogen-bond donors (Lipinski definition) is 2. The highest BCUT2D eigenvalue weighted by molar-refractivity contribution is 6.31. The number of aromatic nitrogens is 3. The summed E-state index contributed by atoms with van der Waals surface area (Å²) in [5.41, 5.74) is 3.12. The fraction of sp³-hybridized carbons (Fsp3) is 0.118. The monoisotopic (exact) mass is 325 g/mol. The van der Waals surface area contributed by atoms with Crippen molar-refractivity contribution >= 4 is 29.1 Å². The predicted octanol–water partition coefficient (Wildman–Crippen LogP) is 4.19. The van der Waals surface area contributed by atoms with Gasteiger partial charge in [0.25, 0.3) is 0 Å². The molecule has 0 saturated carbocycles. The van der Waals surface area contributed by atoms with E-state index in [1.54, 1.807) is 6.20 Å². The molecular weight excluding hydrogens is 310 g/mol. The van der Waals surface area contributed by atoms with E-state index in [1.165, 1.54) is 5.56 Å². The maximum absolute atomic E-state index is 6.14. The first kappa shape index (κ1) is 15.2. The van der Waals surface area contributed by atoms with E-state index in [2.05, 4.69) is 25.8 Å². The van der Waals surface area contributed by atoms with E-state index in [9.17, 15) is 0 Å². The summed E-state index contributed by atoms with van der Waals surface area (Å²) < 4.78 is 0. The molecule has 2 aromatic carbocycles. The fourth-order valence-electron chi connectivity index (χ4n) is 2.04. The van der Waals surface area contributed by atoms with Crippen molar-refractivity contribution < 1.29 is 0 Å². The van der Waals surface area contributed by atoms with Gasteiger partial charge in [-0.25, -0.2) is 0 Å². The third-order valence-electron chi connectivity index (χ3n) is 3.28. The smallest absolute Gasteiger partial charge is 0.249 e. The lowest BCUT2D eigenvalue weighted by atomic mass is 10.2. The Bertz CT molecular complexity index is 789. The minimum Gasteiger partial charge on any atom is -0.364 e. The van der Waals surface area contributed by atoms with Gasteiger partial charge in [-0.1, -0.05) is 47.5 Å². The molecule has 0 aliphatic heterocycles. The zero-order chi connectivity index (χ0) is 16.1. The SMILES string of the molecule is Cc1ccc(Nc2nncc(NCc3ccccc3Cl)n2)cc1. The van der Waals surface area contributed by atoms with E-state index in [-0.39, 0.29) is 0 Å². The Morgan fingerprint density at radius 3 is 2.61 bits per heavy atom. The molecule has 0 fully saturated rings. The molecule has 0 unspecified atom stereocenters. The van der Waals surface area contributed by atoms with Crippen LogP contribution in [0.1, 0.15) is 11.1 Å². The van der Waals surface area contributed by atoms with Crippen LogP contribution in [-0.4, -0.2) is 15.2 Å². The van der Waals surface area contributed by atoms with Gasteiger partial charge in [0.05, 0.1) is 6.20 Å². The number of aryl methyl sites for hydroxylation is 1. The summed E-state index contributed by atoms with van der Waals surface area (Å²) >= 11 is 6.14. The molecule has 0 spiro atoms. The highest BCUT2D eigenvalue weighted by atomic mass is 35.5. The lowest BCUT2D eigenvalue weighted by molar-refractivity contribution is 0.966. The molecule has 23 heavy (non-hydrogen) atoms. The number of nitrogens with zero attached hydrogens (tertiary/aromatic N) is 3. The molecule has 0 amide bonds. The Balaban J connectivity index is 1.67. The molecule has 3 rings (SSSR count). The minimum atomic E-state index is 0.443. The summed E-state index contributed by atoms with van der Waals surface area (Å²) in [6.45, 7) is 2.61. The third-order valence-corrected chi connectivity index (χ3v) is 3.65. The lowest BCUT2D eigenvalue weighted by Gasteiger charge is -2.08. The summed E-state index contributed by atoms with van der Waals surface area (Å²) in [5, 5.41) is 15.0. The van der Waals surface area contributed by atoms with E-state index in [1.807, 2.05) is 55.5 Å². The summed E-state index contributed by atoms with van der Waals surface area (Å²) in [4.78, 5) is 4.40. The Morgan fingerprint density at radius 2 is 1.83 bits per heavy atom. The van der Waals surface area contributed by atoms with Crippen molar-refractivity contribution in [3.05, 3.63) is 70.9 Å². The van der Waals surface area contributed by atoms with Crippen LogP contribution < -0.4 is 10.6 Å². The number of benzene rings is 2. The van der Waals surface area contributed by atoms with Crippen LogP contribution in [0.2, 0.25) is 5.02 Å². The molecule has 0 radical (unpaired) electrons. The van der Waals surface area contributed by atoms with Crippen LogP contribution in [0.25, 0.3) is 0 Å². The van der Waals surface area contributed by atoms with Gasteiger partial charge in [0.15, 0.2) is 5.82 Å². The molecule has 6 heteroatoms. The molecule has 0 saturated heterocycles. The largest absolute Gasteiger partial charge is 0.364 e. The molecule has 2 N–H and O–H groups in total. The first-order valence-electron chi connectivity index (χ1n) is 7.21. The van der Waals surface area contributed by atoms with Crippen molar-refractivity contribution in [3.63, 3.8) is 0 Å². The van der Waals surface area contributed by atoms with Crippen LogP contribution in [0.5, 0.6) is 0 Å². The van der Waals surface area contributed by atoms with Gasteiger partial charge >= 0.3 is 0 Å². The van der Waals surface area contributed by atoms with Crippen LogP contribution in [-0.2, 0) is 6.54 Å². The summed E-state index contributed by atoms with van der Waals surface area (Å²) in [6.07, 6.45) is 1.58. The van der Waals surface area contributed by atoms with Gasteiger partial charge in [-0.3, -0.25) is 0 Å². The van der Waals surface area contributed by atoms with Gasteiger partial charge in [-0.05, 0) is 30.7 Å².